The van der Waals surface area contributed by atoms with Crippen LogP contribution < -0.4 is 11.1 Å². The van der Waals surface area contributed by atoms with Crippen LogP contribution >= 0.6 is 11.3 Å². The highest BCUT2D eigenvalue weighted by molar-refractivity contribution is 7.14. The van der Waals surface area contributed by atoms with Gasteiger partial charge in [-0.2, -0.15) is 0 Å². The fraction of sp³-hybridized carbons (Fsp3) is 0.154. The first-order valence-electron chi connectivity index (χ1n) is 5.95. The number of hydrogen-bond acceptors (Lipinski definition) is 5. The molecule has 0 bridgehead atoms. The Bertz CT molecular complexity index is 657. The van der Waals surface area contributed by atoms with Crippen molar-refractivity contribution in [3.8, 4) is 0 Å². The molecule has 0 spiro atoms. The molecule has 1 aromatic carbocycles. The van der Waals surface area contributed by atoms with E-state index in [4.69, 9.17) is 10.8 Å². The molecular formula is C13H12FN3O3S. The lowest BCUT2D eigenvalue weighted by Gasteiger charge is -2.10. The Balaban J connectivity index is 1.95. The van der Waals surface area contributed by atoms with E-state index in [2.05, 4.69) is 10.3 Å². The topological polar surface area (TPSA) is 105 Å². The molecule has 0 saturated carbocycles. The van der Waals surface area contributed by atoms with Gasteiger partial charge in [0.2, 0.25) is 5.91 Å². The predicted molar refractivity (Wildman–Crippen MR) is 75.8 cm³/mol. The normalized spacial score (nSPS) is 11.9. The van der Waals surface area contributed by atoms with Gasteiger partial charge in [-0.05, 0) is 24.1 Å². The van der Waals surface area contributed by atoms with Crippen LogP contribution in [0.2, 0.25) is 0 Å². The number of carboxylic acids is 1. The van der Waals surface area contributed by atoms with Crippen molar-refractivity contribution >= 4 is 28.3 Å². The van der Waals surface area contributed by atoms with Crippen LogP contribution in [0.4, 0.5) is 9.52 Å². The molecule has 1 amide bonds. The van der Waals surface area contributed by atoms with E-state index in [1.807, 2.05) is 0 Å². The van der Waals surface area contributed by atoms with E-state index in [0.717, 1.165) is 16.9 Å². The molecule has 21 heavy (non-hydrogen) atoms. The van der Waals surface area contributed by atoms with E-state index < -0.39 is 17.9 Å². The zero-order valence-electron chi connectivity index (χ0n) is 10.7. The molecule has 0 unspecified atom stereocenters. The summed E-state index contributed by atoms with van der Waals surface area (Å²) >= 11 is 1.00. The number of benzene rings is 1. The van der Waals surface area contributed by atoms with Crippen LogP contribution in [0, 0.1) is 5.82 Å². The summed E-state index contributed by atoms with van der Waals surface area (Å²) in [6, 6.07) is 4.84. The van der Waals surface area contributed by atoms with Crippen LogP contribution in [-0.2, 0) is 11.2 Å². The van der Waals surface area contributed by atoms with E-state index in [9.17, 15) is 14.0 Å². The van der Waals surface area contributed by atoms with Crippen LogP contribution in [-0.4, -0.2) is 28.0 Å². The lowest BCUT2D eigenvalue weighted by atomic mass is 10.1. The summed E-state index contributed by atoms with van der Waals surface area (Å²) in [7, 11) is 0. The summed E-state index contributed by atoms with van der Waals surface area (Å²) in [5, 5.41) is 12.7. The highest BCUT2D eigenvalue weighted by atomic mass is 32.1. The molecule has 8 heteroatoms. The smallest absolute Gasteiger partial charge is 0.355 e. The second kappa shape index (κ2) is 6.42. The van der Waals surface area contributed by atoms with Gasteiger partial charge < -0.3 is 16.2 Å². The summed E-state index contributed by atoms with van der Waals surface area (Å²) in [6.45, 7) is 0. The van der Waals surface area contributed by atoms with Crippen molar-refractivity contribution in [2.24, 2.45) is 5.73 Å². The zero-order valence-corrected chi connectivity index (χ0v) is 11.6. The van der Waals surface area contributed by atoms with E-state index in [1.165, 1.54) is 17.5 Å². The van der Waals surface area contributed by atoms with Gasteiger partial charge in [-0.1, -0.05) is 12.1 Å². The van der Waals surface area contributed by atoms with Crippen LogP contribution in [0.25, 0.3) is 0 Å². The number of amides is 1. The maximum absolute atomic E-state index is 12.8. The highest BCUT2D eigenvalue weighted by Gasteiger charge is 2.17. The Hall–Kier alpha value is -2.32. The van der Waals surface area contributed by atoms with Gasteiger partial charge in [0.25, 0.3) is 0 Å². The number of nitrogens with zero attached hydrogens (tertiary/aromatic N) is 1. The second-order valence-electron chi connectivity index (χ2n) is 4.27. The summed E-state index contributed by atoms with van der Waals surface area (Å²) in [4.78, 5) is 26.3. The first-order chi connectivity index (χ1) is 9.95. The molecule has 1 atom stereocenters. The molecule has 0 radical (unpaired) electrons. The number of aromatic carboxylic acids is 1. The van der Waals surface area contributed by atoms with E-state index in [0.29, 0.717) is 0 Å². The molecule has 110 valence electrons. The predicted octanol–water partition coefficient (Wildman–Crippen LogP) is 1.49. The number of rotatable bonds is 5. The third-order valence-corrected chi connectivity index (χ3v) is 3.42. The molecule has 1 aromatic heterocycles. The molecule has 2 aromatic rings. The number of carboxylic acid groups (broad SMARTS) is 1. The fourth-order valence-corrected chi connectivity index (χ4v) is 2.28. The number of thiazole rings is 1. The van der Waals surface area contributed by atoms with Crippen molar-refractivity contribution in [2.45, 2.75) is 12.5 Å². The zero-order chi connectivity index (χ0) is 15.4. The minimum absolute atomic E-state index is 0.137. The number of halogens is 1. The largest absolute Gasteiger partial charge is 0.476 e. The first-order valence-corrected chi connectivity index (χ1v) is 6.83. The molecule has 0 aliphatic heterocycles. The van der Waals surface area contributed by atoms with Crippen molar-refractivity contribution < 1.29 is 19.1 Å². The Morgan fingerprint density at radius 1 is 1.38 bits per heavy atom. The lowest BCUT2D eigenvalue weighted by molar-refractivity contribution is -0.117. The monoisotopic (exact) mass is 309 g/mol. The third kappa shape index (κ3) is 4.07. The summed E-state index contributed by atoms with van der Waals surface area (Å²) in [6.07, 6.45) is 0.239. The molecule has 0 aliphatic carbocycles. The molecule has 0 fully saturated rings. The average Bonchev–Trinajstić information content (AvgIpc) is 2.90. The summed E-state index contributed by atoms with van der Waals surface area (Å²) in [5.74, 6) is -2.01. The van der Waals surface area contributed by atoms with Crippen LogP contribution in [0.15, 0.2) is 29.6 Å². The van der Waals surface area contributed by atoms with Gasteiger partial charge in [0.05, 0.1) is 6.04 Å². The SMILES string of the molecule is N[C@@H](Cc1ccc(F)cc1)C(=O)Nc1nc(C(=O)O)cs1. The highest BCUT2D eigenvalue weighted by Crippen LogP contribution is 2.15. The Labute approximate surface area is 123 Å². The van der Waals surface area contributed by atoms with Gasteiger partial charge >= 0.3 is 5.97 Å². The molecular weight excluding hydrogens is 297 g/mol. The van der Waals surface area contributed by atoms with Crippen LogP contribution in [0.3, 0.4) is 0 Å². The van der Waals surface area contributed by atoms with Gasteiger partial charge in [0.15, 0.2) is 10.8 Å². The minimum atomic E-state index is -1.16. The van der Waals surface area contributed by atoms with Crippen molar-refractivity contribution in [1.29, 1.82) is 0 Å². The van der Waals surface area contributed by atoms with E-state index in [1.54, 1.807) is 12.1 Å². The number of carbonyl (C=O) groups is 2. The molecule has 0 saturated heterocycles. The maximum atomic E-state index is 12.8. The summed E-state index contributed by atoms with van der Waals surface area (Å²) < 4.78 is 12.8. The standard InChI is InChI=1S/C13H12FN3O3S/c14-8-3-1-7(2-4-8)5-9(15)11(18)17-13-16-10(6-21-13)12(19)20/h1-4,6,9H,5,15H2,(H,19,20)(H,16,17,18)/t9-/m0/s1. The molecule has 2 rings (SSSR count). The number of aromatic nitrogens is 1. The third-order valence-electron chi connectivity index (χ3n) is 2.66. The van der Waals surface area contributed by atoms with Gasteiger partial charge in [0, 0.05) is 5.38 Å². The Morgan fingerprint density at radius 2 is 2.05 bits per heavy atom. The Kier molecular flexibility index (Phi) is 4.61. The second-order valence-corrected chi connectivity index (χ2v) is 5.13. The van der Waals surface area contributed by atoms with Gasteiger partial charge in [-0.25, -0.2) is 14.2 Å². The number of hydrogen-bond donors (Lipinski definition) is 3. The number of nitrogens with two attached hydrogens (primary N) is 1. The molecule has 6 nitrogen and oxygen atoms in total. The van der Waals surface area contributed by atoms with Crippen molar-refractivity contribution in [1.82, 2.24) is 4.98 Å². The minimum Gasteiger partial charge on any atom is -0.476 e. The lowest BCUT2D eigenvalue weighted by Crippen LogP contribution is -2.37. The average molecular weight is 309 g/mol. The van der Waals surface area contributed by atoms with E-state index in [-0.39, 0.29) is 23.1 Å². The van der Waals surface area contributed by atoms with Gasteiger partial charge in [-0.15, -0.1) is 11.3 Å². The molecule has 1 heterocycles. The van der Waals surface area contributed by atoms with Crippen molar-refractivity contribution in [3.63, 3.8) is 0 Å². The van der Waals surface area contributed by atoms with Gasteiger partial charge in [-0.3, -0.25) is 4.79 Å². The van der Waals surface area contributed by atoms with Gasteiger partial charge in [0.1, 0.15) is 5.82 Å². The summed E-state index contributed by atoms with van der Waals surface area (Å²) in [5.41, 5.74) is 6.35. The van der Waals surface area contributed by atoms with Crippen molar-refractivity contribution in [3.05, 3.63) is 46.7 Å². The number of nitrogens with one attached hydrogen (secondary N) is 1. The molecule has 0 aliphatic rings. The number of carbonyl (C=O) groups excluding carboxylic acids is 1. The first kappa shape index (κ1) is 15.1. The molecule has 4 N–H and O–H groups in total. The number of anilines is 1. The van der Waals surface area contributed by atoms with Crippen LogP contribution in [0.1, 0.15) is 16.1 Å². The fourth-order valence-electron chi connectivity index (χ4n) is 1.59. The van der Waals surface area contributed by atoms with Crippen LogP contribution in [0.5, 0.6) is 0 Å². The van der Waals surface area contributed by atoms with E-state index >= 15 is 0 Å². The maximum Gasteiger partial charge on any atom is 0.355 e. The van der Waals surface area contributed by atoms with Crippen molar-refractivity contribution in [2.75, 3.05) is 5.32 Å². The quantitative estimate of drug-likeness (QED) is 0.776. The Morgan fingerprint density at radius 3 is 2.62 bits per heavy atom.